The number of rotatable bonds is 16. The number of hydrogen-bond donors (Lipinski definition) is 1. The largest absolute Gasteiger partial charge is 0.355 e. The summed E-state index contributed by atoms with van der Waals surface area (Å²) in [5.41, 5.74) is 0. The molecule has 3 heteroatoms. The third-order valence-electron chi connectivity index (χ3n) is 3.73. The molecule has 1 N–H and O–H groups in total. The zero-order valence-electron chi connectivity index (χ0n) is 14.4. The van der Waals surface area contributed by atoms with Gasteiger partial charge in [-0.15, -0.1) is 0 Å². The Morgan fingerprint density at radius 2 is 1.29 bits per heavy atom. The summed E-state index contributed by atoms with van der Waals surface area (Å²) < 4.78 is 0. The standard InChI is InChI=1S/C18H37NOS/c1-3-5-7-8-9-10-11-12-13-14-16-21-17-18(20)19-15-6-4-2/h3-17H2,1-2H3,(H,19,20). The van der Waals surface area contributed by atoms with E-state index in [1.807, 2.05) is 0 Å². The van der Waals surface area contributed by atoms with Gasteiger partial charge in [0.15, 0.2) is 0 Å². The van der Waals surface area contributed by atoms with Gasteiger partial charge in [-0.1, -0.05) is 78.1 Å². The Balaban J connectivity index is 3.06. The lowest BCUT2D eigenvalue weighted by Gasteiger charge is -2.04. The molecule has 0 rings (SSSR count). The van der Waals surface area contributed by atoms with Crippen LogP contribution in [0.5, 0.6) is 0 Å². The zero-order valence-corrected chi connectivity index (χ0v) is 15.2. The molecule has 0 atom stereocenters. The van der Waals surface area contributed by atoms with Crippen molar-refractivity contribution in [3.05, 3.63) is 0 Å². The molecule has 0 aromatic rings. The summed E-state index contributed by atoms with van der Waals surface area (Å²) >= 11 is 1.78. The van der Waals surface area contributed by atoms with Crippen molar-refractivity contribution in [3.63, 3.8) is 0 Å². The van der Waals surface area contributed by atoms with Gasteiger partial charge in [0, 0.05) is 6.54 Å². The molecule has 0 radical (unpaired) electrons. The molecular weight excluding hydrogens is 278 g/mol. The number of unbranched alkanes of at least 4 members (excludes halogenated alkanes) is 10. The lowest BCUT2D eigenvalue weighted by molar-refractivity contribution is -0.118. The number of nitrogens with one attached hydrogen (secondary N) is 1. The highest BCUT2D eigenvalue weighted by molar-refractivity contribution is 7.99. The normalized spacial score (nSPS) is 10.8. The van der Waals surface area contributed by atoms with Crippen molar-refractivity contribution in [1.29, 1.82) is 0 Å². The van der Waals surface area contributed by atoms with Crippen LogP contribution in [0, 0.1) is 0 Å². The van der Waals surface area contributed by atoms with Gasteiger partial charge in [0.2, 0.25) is 5.91 Å². The van der Waals surface area contributed by atoms with Crippen LogP contribution in [0.4, 0.5) is 0 Å². The second-order valence-corrected chi connectivity index (χ2v) is 7.04. The van der Waals surface area contributed by atoms with Gasteiger partial charge in [0.1, 0.15) is 0 Å². The molecule has 0 unspecified atom stereocenters. The van der Waals surface area contributed by atoms with Gasteiger partial charge in [-0.05, 0) is 18.6 Å². The zero-order chi connectivity index (χ0) is 15.6. The van der Waals surface area contributed by atoms with Crippen LogP contribution in [0.2, 0.25) is 0 Å². The first-order valence-electron chi connectivity index (χ1n) is 9.15. The summed E-state index contributed by atoms with van der Waals surface area (Å²) in [6, 6.07) is 0. The monoisotopic (exact) mass is 315 g/mol. The summed E-state index contributed by atoms with van der Waals surface area (Å²) in [4.78, 5) is 11.5. The molecule has 0 aromatic heterocycles. The van der Waals surface area contributed by atoms with E-state index in [0.29, 0.717) is 5.75 Å². The van der Waals surface area contributed by atoms with E-state index in [1.54, 1.807) is 11.8 Å². The van der Waals surface area contributed by atoms with Gasteiger partial charge >= 0.3 is 0 Å². The molecule has 0 fully saturated rings. The van der Waals surface area contributed by atoms with Gasteiger partial charge in [0.25, 0.3) is 0 Å². The second kappa shape index (κ2) is 17.9. The van der Waals surface area contributed by atoms with Crippen molar-refractivity contribution in [3.8, 4) is 0 Å². The minimum Gasteiger partial charge on any atom is -0.355 e. The van der Waals surface area contributed by atoms with E-state index >= 15 is 0 Å². The number of amides is 1. The molecule has 126 valence electrons. The fraction of sp³-hybridized carbons (Fsp3) is 0.944. The molecule has 0 aliphatic carbocycles. The Morgan fingerprint density at radius 3 is 1.86 bits per heavy atom. The van der Waals surface area contributed by atoms with Crippen LogP contribution >= 0.6 is 11.8 Å². The molecule has 0 aliphatic rings. The lowest BCUT2D eigenvalue weighted by Crippen LogP contribution is -2.26. The van der Waals surface area contributed by atoms with E-state index < -0.39 is 0 Å². The Morgan fingerprint density at radius 1 is 0.762 bits per heavy atom. The van der Waals surface area contributed by atoms with Crippen LogP contribution in [-0.4, -0.2) is 24.0 Å². The summed E-state index contributed by atoms with van der Waals surface area (Å²) in [5.74, 6) is 1.99. The predicted molar refractivity (Wildman–Crippen MR) is 97.1 cm³/mol. The van der Waals surface area contributed by atoms with Gasteiger partial charge in [-0.3, -0.25) is 4.79 Å². The Bertz CT molecular complexity index is 221. The molecule has 2 nitrogen and oxygen atoms in total. The fourth-order valence-electron chi connectivity index (χ4n) is 2.31. The smallest absolute Gasteiger partial charge is 0.229 e. The quantitative estimate of drug-likeness (QED) is 0.378. The topological polar surface area (TPSA) is 29.1 Å². The number of thioether (sulfide) groups is 1. The molecule has 0 saturated heterocycles. The predicted octanol–water partition coefficient (Wildman–Crippen LogP) is 5.56. The maximum absolute atomic E-state index is 11.5. The van der Waals surface area contributed by atoms with E-state index in [4.69, 9.17) is 0 Å². The first-order valence-corrected chi connectivity index (χ1v) is 10.3. The minimum absolute atomic E-state index is 0.209. The highest BCUT2D eigenvalue weighted by Crippen LogP contribution is 2.12. The highest BCUT2D eigenvalue weighted by atomic mass is 32.2. The number of hydrogen-bond acceptors (Lipinski definition) is 2. The molecule has 0 heterocycles. The molecular formula is C18H37NOS. The SMILES string of the molecule is CCCCCCCCCCCCSCC(=O)NCCCC. The molecule has 0 bridgehead atoms. The Hall–Kier alpha value is -0.180. The maximum atomic E-state index is 11.5. The first kappa shape index (κ1) is 20.8. The fourth-order valence-corrected chi connectivity index (χ4v) is 3.15. The van der Waals surface area contributed by atoms with E-state index in [2.05, 4.69) is 19.2 Å². The third kappa shape index (κ3) is 17.8. The van der Waals surface area contributed by atoms with Crippen LogP contribution in [0.15, 0.2) is 0 Å². The number of carbonyl (C=O) groups is 1. The molecule has 21 heavy (non-hydrogen) atoms. The van der Waals surface area contributed by atoms with Crippen molar-refractivity contribution in [1.82, 2.24) is 5.32 Å². The van der Waals surface area contributed by atoms with Crippen molar-refractivity contribution in [2.45, 2.75) is 90.9 Å². The molecule has 1 amide bonds. The van der Waals surface area contributed by atoms with Crippen LogP contribution < -0.4 is 5.32 Å². The second-order valence-electron chi connectivity index (χ2n) is 5.94. The lowest BCUT2D eigenvalue weighted by atomic mass is 10.1. The van der Waals surface area contributed by atoms with E-state index in [-0.39, 0.29) is 5.91 Å². The van der Waals surface area contributed by atoms with E-state index in [0.717, 1.165) is 25.1 Å². The average Bonchev–Trinajstić information content (AvgIpc) is 2.48. The van der Waals surface area contributed by atoms with Crippen LogP contribution in [0.1, 0.15) is 90.9 Å². The number of carbonyl (C=O) groups excluding carboxylic acids is 1. The maximum Gasteiger partial charge on any atom is 0.229 e. The summed E-state index contributed by atoms with van der Waals surface area (Å²) in [5, 5.41) is 2.96. The summed E-state index contributed by atoms with van der Waals surface area (Å²) in [6.45, 7) is 5.26. The van der Waals surface area contributed by atoms with E-state index in [9.17, 15) is 4.79 Å². The van der Waals surface area contributed by atoms with Gasteiger partial charge in [-0.2, -0.15) is 11.8 Å². The highest BCUT2D eigenvalue weighted by Gasteiger charge is 2.00. The molecule has 0 spiro atoms. The van der Waals surface area contributed by atoms with Crippen LogP contribution in [0.3, 0.4) is 0 Å². The molecule has 0 saturated carbocycles. The minimum atomic E-state index is 0.209. The summed E-state index contributed by atoms with van der Waals surface area (Å²) in [7, 11) is 0. The van der Waals surface area contributed by atoms with E-state index in [1.165, 1.54) is 64.2 Å². The van der Waals surface area contributed by atoms with Gasteiger partial charge in [-0.25, -0.2) is 0 Å². The van der Waals surface area contributed by atoms with Crippen LogP contribution in [-0.2, 0) is 4.79 Å². The van der Waals surface area contributed by atoms with Crippen molar-refractivity contribution < 1.29 is 4.79 Å². The van der Waals surface area contributed by atoms with Crippen molar-refractivity contribution in [2.24, 2.45) is 0 Å². The Labute approximate surface area is 137 Å². The molecule has 0 aromatic carbocycles. The summed E-state index contributed by atoms with van der Waals surface area (Å²) in [6.07, 6.45) is 16.0. The van der Waals surface area contributed by atoms with Crippen LogP contribution in [0.25, 0.3) is 0 Å². The first-order chi connectivity index (χ1) is 10.3. The van der Waals surface area contributed by atoms with Crippen molar-refractivity contribution >= 4 is 17.7 Å². The van der Waals surface area contributed by atoms with Crippen molar-refractivity contribution in [2.75, 3.05) is 18.1 Å². The third-order valence-corrected chi connectivity index (χ3v) is 4.77. The Kier molecular flexibility index (Phi) is 17.7. The van der Waals surface area contributed by atoms with Gasteiger partial charge in [0.05, 0.1) is 5.75 Å². The van der Waals surface area contributed by atoms with Gasteiger partial charge < -0.3 is 5.32 Å². The average molecular weight is 316 g/mol. The molecule has 0 aliphatic heterocycles.